The second kappa shape index (κ2) is 9.90. The third-order valence-electron chi connectivity index (χ3n) is 5.17. The van der Waals surface area contributed by atoms with Crippen LogP contribution in [0, 0.1) is 6.92 Å². The fourth-order valence-electron chi connectivity index (χ4n) is 3.58. The zero-order valence-corrected chi connectivity index (χ0v) is 17.3. The molecule has 2 saturated heterocycles. The SMILES string of the molecule is COC(=O)C1CC2(CN1C(=O)CNC(=O)CCCOc1ccc(C)cc1)OCCO2. The van der Waals surface area contributed by atoms with Crippen LogP contribution >= 0.6 is 0 Å². The Hall–Kier alpha value is -2.65. The highest BCUT2D eigenvalue weighted by Gasteiger charge is 2.52. The molecule has 2 fully saturated rings. The van der Waals surface area contributed by atoms with Crippen molar-refractivity contribution in [2.45, 2.75) is 38.0 Å². The van der Waals surface area contributed by atoms with Crippen molar-refractivity contribution in [3.63, 3.8) is 0 Å². The van der Waals surface area contributed by atoms with Crippen LogP contribution in [0.5, 0.6) is 5.75 Å². The van der Waals surface area contributed by atoms with Crippen LogP contribution in [0.4, 0.5) is 0 Å². The smallest absolute Gasteiger partial charge is 0.328 e. The van der Waals surface area contributed by atoms with Gasteiger partial charge in [0.15, 0.2) is 5.79 Å². The van der Waals surface area contributed by atoms with Crippen molar-refractivity contribution in [3.05, 3.63) is 29.8 Å². The van der Waals surface area contributed by atoms with Crippen LogP contribution in [0.25, 0.3) is 0 Å². The topological polar surface area (TPSA) is 103 Å². The number of carbonyl (C=O) groups is 3. The average Bonchev–Trinajstić information content (AvgIpc) is 3.37. The maximum atomic E-state index is 12.6. The van der Waals surface area contributed by atoms with E-state index in [-0.39, 0.29) is 37.7 Å². The van der Waals surface area contributed by atoms with Gasteiger partial charge in [-0.25, -0.2) is 4.79 Å². The molecule has 2 heterocycles. The Kier molecular flexibility index (Phi) is 7.28. The molecule has 1 spiro atoms. The van der Waals surface area contributed by atoms with Gasteiger partial charge in [0.1, 0.15) is 11.8 Å². The third kappa shape index (κ3) is 5.48. The van der Waals surface area contributed by atoms with Gasteiger partial charge >= 0.3 is 5.97 Å². The summed E-state index contributed by atoms with van der Waals surface area (Å²) in [5.74, 6) is -1.38. The van der Waals surface area contributed by atoms with E-state index < -0.39 is 17.8 Å². The van der Waals surface area contributed by atoms with Crippen molar-refractivity contribution in [2.24, 2.45) is 0 Å². The zero-order chi connectivity index (χ0) is 21.6. The lowest BCUT2D eigenvalue weighted by atomic mass is 10.1. The van der Waals surface area contributed by atoms with Gasteiger partial charge in [-0.15, -0.1) is 0 Å². The number of rotatable bonds is 8. The maximum Gasteiger partial charge on any atom is 0.328 e. The molecule has 2 aliphatic rings. The molecule has 2 amide bonds. The van der Waals surface area contributed by atoms with E-state index in [0.717, 1.165) is 11.3 Å². The highest BCUT2D eigenvalue weighted by atomic mass is 16.7. The number of nitrogens with zero attached hydrogens (tertiary/aromatic N) is 1. The second-order valence-electron chi connectivity index (χ2n) is 7.41. The van der Waals surface area contributed by atoms with Crippen molar-refractivity contribution in [1.29, 1.82) is 0 Å². The number of aryl methyl sites for hydroxylation is 1. The quantitative estimate of drug-likeness (QED) is 0.490. The van der Waals surface area contributed by atoms with Gasteiger partial charge < -0.3 is 29.2 Å². The molecule has 9 heteroatoms. The first-order valence-electron chi connectivity index (χ1n) is 10.0. The Bertz CT molecular complexity index is 759. The van der Waals surface area contributed by atoms with E-state index in [9.17, 15) is 14.4 Å². The summed E-state index contributed by atoms with van der Waals surface area (Å²) in [5.41, 5.74) is 1.15. The summed E-state index contributed by atoms with van der Waals surface area (Å²) in [6, 6.07) is 6.89. The molecule has 9 nitrogen and oxygen atoms in total. The molecule has 1 unspecified atom stereocenters. The van der Waals surface area contributed by atoms with Crippen LogP contribution in [0.1, 0.15) is 24.8 Å². The summed E-state index contributed by atoms with van der Waals surface area (Å²) < 4.78 is 21.6. The number of hydrogen-bond acceptors (Lipinski definition) is 7. The van der Waals surface area contributed by atoms with Gasteiger partial charge in [-0.1, -0.05) is 17.7 Å². The number of esters is 1. The number of benzene rings is 1. The molecule has 1 aromatic rings. The summed E-state index contributed by atoms with van der Waals surface area (Å²) in [7, 11) is 1.27. The molecule has 3 rings (SSSR count). The van der Waals surface area contributed by atoms with E-state index in [1.807, 2.05) is 31.2 Å². The molecular formula is C21H28N2O7. The minimum atomic E-state index is -0.966. The number of amides is 2. The van der Waals surface area contributed by atoms with Crippen molar-refractivity contribution in [2.75, 3.05) is 40.0 Å². The van der Waals surface area contributed by atoms with Gasteiger partial charge in [0.05, 0.1) is 40.0 Å². The molecule has 1 N–H and O–H groups in total. The van der Waals surface area contributed by atoms with Crippen LogP contribution in [0.3, 0.4) is 0 Å². The van der Waals surface area contributed by atoms with Gasteiger partial charge in [0.2, 0.25) is 11.8 Å². The van der Waals surface area contributed by atoms with E-state index in [2.05, 4.69) is 5.32 Å². The Morgan fingerprint density at radius 3 is 2.57 bits per heavy atom. The highest BCUT2D eigenvalue weighted by Crippen LogP contribution is 2.35. The molecule has 0 aromatic heterocycles. The minimum Gasteiger partial charge on any atom is -0.494 e. The summed E-state index contributed by atoms with van der Waals surface area (Å²) >= 11 is 0. The molecular weight excluding hydrogens is 392 g/mol. The van der Waals surface area contributed by atoms with Crippen molar-refractivity contribution in [3.8, 4) is 5.75 Å². The number of methoxy groups -OCH3 is 1. The normalized spacial score (nSPS) is 19.7. The van der Waals surface area contributed by atoms with E-state index in [1.165, 1.54) is 12.0 Å². The molecule has 0 bridgehead atoms. The molecule has 1 aromatic carbocycles. The molecule has 0 radical (unpaired) electrons. The van der Waals surface area contributed by atoms with E-state index in [0.29, 0.717) is 26.2 Å². The molecule has 0 saturated carbocycles. The Balaban J connectivity index is 1.41. The Labute approximate surface area is 175 Å². The number of ether oxygens (including phenoxy) is 4. The molecule has 0 aliphatic carbocycles. The van der Waals surface area contributed by atoms with Crippen LogP contribution in [-0.2, 0) is 28.6 Å². The van der Waals surface area contributed by atoms with Gasteiger partial charge in [-0.2, -0.15) is 0 Å². The van der Waals surface area contributed by atoms with E-state index in [4.69, 9.17) is 18.9 Å². The minimum absolute atomic E-state index is 0.131. The lowest BCUT2D eigenvalue weighted by Gasteiger charge is -2.23. The molecule has 1 atom stereocenters. The second-order valence-corrected chi connectivity index (χ2v) is 7.41. The highest BCUT2D eigenvalue weighted by molar-refractivity contribution is 5.89. The molecule has 30 heavy (non-hydrogen) atoms. The summed E-state index contributed by atoms with van der Waals surface area (Å²) in [6.45, 7) is 3.15. The van der Waals surface area contributed by atoms with Gasteiger partial charge in [0.25, 0.3) is 0 Å². The third-order valence-corrected chi connectivity index (χ3v) is 5.17. The predicted molar refractivity (Wildman–Crippen MR) is 106 cm³/mol. The van der Waals surface area contributed by atoms with Gasteiger partial charge in [0, 0.05) is 12.8 Å². The number of carbonyl (C=O) groups excluding carboxylic acids is 3. The zero-order valence-electron chi connectivity index (χ0n) is 17.3. The average molecular weight is 420 g/mol. The standard InChI is InChI=1S/C21H28N2O7/c1-15-5-7-16(8-6-15)28-9-3-4-18(24)22-13-19(25)23-14-21(29-10-11-30-21)12-17(23)20(26)27-2/h5-8,17H,3-4,9-14H2,1-2H3,(H,22,24). The van der Waals surface area contributed by atoms with Gasteiger partial charge in [-0.05, 0) is 25.5 Å². The van der Waals surface area contributed by atoms with Crippen molar-refractivity contribution in [1.82, 2.24) is 10.2 Å². The Morgan fingerprint density at radius 2 is 1.90 bits per heavy atom. The predicted octanol–water partition coefficient (Wildman–Crippen LogP) is 0.787. The first-order chi connectivity index (χ1) is 14.4. The summed E-state index contributed by atoms with van der Waals surface area (Å²) in [6.07, 6.45) is 0.971. The van der Waals surface area contributed by atoms with Crippen LogP contribution in [0.15, 0.2) is 24.3 Å². The van der Waals surface area contributed by atoms with E-state index >= 15 is 0 Å². The number of nitrogens with one attached hydrogen (secondary N) is 1. The van der Waals surface area contributed by atoms with Crippen LogP contribution in [0.2, 0.25) is 0 Å². The lowest BCUT2D eigenvalue weighted by Crippen LogP contribution is -2.46. The first-order valence-corrected chi connectivity index (χ1v) is 10.0. The monoisotopic (exact) mass is 420 g/mol. The van der Waals surface area contributed by atoms with Crippen molar-refractivity contribution >= 4 is 17.8 Å². The number of likely N-dealkylation sites (tertiary alicyclic amines) is 1. The van der Waals surface area contributed by atoms with E-state index in [1.54, 1.807) is 0 Å². The van der Waals surface area contributed by atoms with Crippen LogP contribution in [-0.4, -0.2) is 74.5 Å². The Morgan fingerprint density at radius 1 is 1.20 bits per heavy atom. The number of hydrogen-bond donors (Lipinski definition) is 1. The fraction of sp³-hybridized carbons (Fsp3) is 0.571. The summed E-state index contributed by atoms with van der Waals surface area (Å²) in [5, 5.41) is 2.60. The lowest BCUT2D eigenvalue weighted by molar-refractivity contribution is -0.152. The van der Waals surface area contributed by atoms with Gasteiger partial charge in [-0.3, -0.25) is 9.59 Å². The fourth-order valence-corrected chi connectivity index (χ4v) is 3.58. The largest absolute Gasteiger partial charge is 0.494 e. The maximum absolute atomic E-state index is 12.6. The molecule has 2 aliphatic heterocycles. The summed E-state index contributed by atoms with van der Waals surface area (Å²) in [4.78, 5) is 38.1. The molecule has 164 valence electrons. The van der Waals surface area contributed by atoms with Crippen LogP contribution < -0.4 is 10.1 Å². The van der Waals surface area contributed by atoms with Crippen molar-refractivity contribution < 1.29 is 33.3 Å². The first kappa shape index (κ1) is 22.0.